The zero-order valence-electron chi connectivity index (χ0n) is 10.7. The molecule has 2 N–H and O–H groups in total. The van der Waals surface area contributed by atoms with E-state index in [0.29, 0.717) is 17.2 Å². The van der Waals surface area contributed by atoms with E-state index in [0.717, 1.165) is 5.56 Å². The summed E-state index contributed by atoms with van der Waals surface area (Å²) in [6.07, 6.45) is 2.23. The Morgan fingerprint density at radius 2 is 1.61 bits per heavy atom. The molecule has 0 saturated carbocycles. The lowest BCUT2D eigenvalue weighted by atomic mass is 10.1. The van der Waals surface area contributed by atoms with Gasteiger partial charge in [-0.1, -0.05) is 12.2 Å². The molecule has 0 aliphatic carbocycles. The molecule has 18 heavy (non-hydrogen) atoms. The minimum atomic E-state index is -0.900. The summed E-state index contributed by atoms with van der Waals surface area (Å²) >= 11 is 0. The van der Waals surface area contributed by atoms with Gasteiger partial charge >= 0.3 is 0 Å². The third-order valence-electron chi connectivity index (χ3n) is 2.42. The smallest absolute Gasteiger partial charge is 0.164 e. The van der Waals surface area contributed by atoms with Gasteiger partial charge in [0.05, 0.1) is 34.0 Å². The van der Waals surface area contributed by atoms with Crippen LogP contribution in [0, 0.1) is 0 Å². The SMILES string of the molecule is COc1cc(OC)c(OC)cc1C=CC(O)CO. The first kappa shape index (κ1) is 14.3. The van der Waals surface area contributed by atoms with Gasteiger partial charge in [0.15, 0.2) is 11.5 Å². The summed E-state index contributed by atoms with van der Waals surface area (Å²) in [7, 11) is 4.63. The van der Waals surface area contributed by atoms with Crippen LogP contribution in [-0.4, -0.2) is 44.3 Å². The number of aliphatic hydroxyl groups is 2. The molecular formula is C13H18O5. The third kappa shape index (κ3) is 3.38. The van der Waals surface area contributed by atoms with Crippen molar-refractivity contribution in [1.82, 2.24) is 0 Å². The Labute approximate surface area is 106 Å². The van der Waals surface area contributed by atoms with Crippen molar-refractivity contribution in [2.24, 2.45) is 0 Å². The van der Waals surface area contributed by atoms with Gasteiger partial charge in [0.25, 0.3) is 0 Å². The van der Waals surface area contributed by atoms with E-state index >= 15 is 0 Å². The zero-order valence-corrected chi connectivity index (χ0v) is 10.7. The van der Waals surface area contributed by atoms with E-state index in [-0.39, 0.29) is 6.61 Å². The number of benzene rings is 1. The molecule has 1 rings (SSSR count). The summed E-state index contributed by atoms with van der Waals surface area (Å²) in [4.78, 5) is 0. The molecule has 1 aromatic carbocycles. The Bertz CT molecular complexity index is 414. The van der Waals surface area contributed by atoms with Gasteiger partial charge in [-0.3, -0.25) is 0 Å². The quantitative estimate of drug-likeness (QED) is 0.795. The fraction of sp³-hybridized carbons (Fsp3) is 0.385. The summed E-state index contributed by atoms with van der Waals surface area (Å²) in [5.74, 6) is 1.72. The predicted octanol–water partition coefficient (Wildman–Crippen LogP) is 1.08. The number of hydrogen-bond acceptors (Lipinski definition) is 5. The summed E-state index contributed by atoms with van der Waals surface area (Å²) in [5, 5.41) is 18.0. The fourth-order valence-corrected chi connectivity index (χ4v) is 1.46. The van der Waals surface area contributed by atoms with Gasteiger partial charge in [0.2, 0.25) is 0 Å². The maximum atomic E-state index is 9.28. The van der Waals surface area contributed by atoms with Crippen molar-refractivity contribution in [2.45, 2.75) is 6.10 Å². The van der Waals surface area contributed by atoms with Crippen LogP contribution in [0.4, 0.5) is 0 Å². The third-order valence-corrected chi connectivity index (χ3v) is 2.42. The van der Waals surface area contributed by atoms with E-state index in [9.17, 15) is 5.11 Å². The molecule has 0 amide bonds. The largest absolute Gasteiger partial charge is 0.496 e. The maximum Gasteiger partial charge on any atom is 0.164 e. The lowest BCUT2D eigenvalue weighted by Crippen LogP contribution is -2.07. The molecule has 1 unspecified atom stereocenters. The van der Waals surface area contributed by atoms with Crippen molar-refractivity contribution in [3.63, 3.8) is 0 Å². The Morgan fingerprint density at radius 1 is 1.06 bits per heavy atom. The van der Waals surface area contributed by atoms with Crippen LogP contribution < -0.4 is 14.2 Å². The number of methoxy groups -OCH3 is 3. The standard InChI is InChI=1S/C13H18O5/c1-16-11-7-13(18-3)12(17-2)6-9(11)4-5-10(15)8-14/h4-7,10,14-15H,8H2,1-3H3. The molecule has 1 atom stereocenters. The number of hydrogen-bond donors (Lipinski definition) is 2. The second-order valence-corrected chi connectivity index (χ2v) is 3.56. The molecule has 0 fully saturated rings. The van der Waals surface area contributed by atoms with Crippen LogP contribution in [0.2, 0.25) is 0 Å². The van der Waals surface area contributed by atoms with E-state index in [4.69, 9.17) is 19.3 Å². The number of rotatable bonds is 6. The van der Waals surface area contributed by atoms with Crippen molar-refractivity contribution in [3.8, 4) is 17.2 Å². The highest BCUT2D eigenvalue weighted by atomic mass is 16.5. The Hall–Kier alpha value is -1.72. The minimum absolute atomic E-state index is 0.327. The number of aliphatic hydroxyl groups excluding tert-OH is 2. The topological polar surface area (TPSA) is 68.2 Å². The van der Waals surface area contributed by atoms with Gasteiger partial charge in [-0.15, -0.1) is 0 Å². The van der Waals surface area contributed by atoms with Crippen molar-refractivity contribution in [2.75, 3.05) is 27.9 Å². The van der Waals surface area contributed by atoms with Crippen LogP contribution in [-0.2, 0) is 0 Å². The Balaban J connectivity index is 3.13. The van der Waals surface area contributed by atoms with Crippen molar-refractivity contribution < 1.29 is 24.4 Å². The van der Waals surface area contributed by atoms with Crippen LogP contribution in [0.15, 0.2) is 18.2 Å². The Kier molecular flexibility index (Phi) is 5.48. The second kappa shape index (κ2) is 6.88. The summed E-state index contributed by atoms with van der Waals surface area (Å²) in [6.45, 7) is -0.327. The van der Waals surface area contributed by atoms with Crippen molar-refractivity contribution >= 4 is 6.08 Å². The van der Waals surface area contributed by atoms with Gasteiger partial charge in [0, 0.05) is 11.6 Å². The zero-order chi connectivity index (χ0) is 13.5. The first-order valence-corrected chi connectivity index (χ1v) is 5.43. The van der Waals surface area contributed by atoms with Crippen LogP contribution in [0.5, 0.6) is 17.2 Å². The molecule has 0 aromatic heterocycles. The molecule has 100 valence electrons. The molecule has 0 spiro atoms. The van der Waals surface area contributed by atoms with Crippen LogP contribution in [0.25, 0.3) is 6.08 Å². The van der Waals surface area contributed by atoms with Gasteiger partial charge < -0.3 is 24.4 Å². The minimum Gasteiger partial charge on any atom is -0.496 e. The summed E-state index contributed by atoms with van der Waals surface area (Å²) in [6, 6.07) is 3.43. The van der Waals surface area contributed by atoms with Crippen molar-refractivity contribution in [1.29, 1.82) is 0 Å². The first-order chi connectivity index (χ1) is 8.65. The first-order valence-electron chi connectivity index (χ1n) is 5.43. The van der Waals surface area contributed by atoms with E-state index in [1.54, 1.807) is 39.5 Å². The molecule has 0 heterocycles. The van der Waals surface area contributed by atoms with Gasteiger partial charge in [-0.25, -0.2) is 0 Å². The van der Waals surface area contributed by atoms with E-state index in [1.807, 2.05) is 0 Å². The van der Waals surface area contributed by atoms with Gasteiger partial charge in [-0.2, -0.15) is 0 Å². The average molecular weight is 254 g/mol. The van der Waals surface area contributed by atoms with E-state index in [2.05, 4.69) is 0 Å². The molecule has 0 bridgehead atoms. The average Bonchev–Trinajstić information content (AvgIpc) is 2.43. The normalized spacial score (nSPS) is 12.5. The maximum absolute atomic E-state index is 9.28. The summed E-state index contributed by atoms with van der Waals surface area (Å²) in [5.41, 5.74) is 0.725. The molecule has 5 nitrogen and oxygen atoms in total. The Morgan fingerprint density at radius 3 is 2.11 bits per heavy atom. The number of ether oxygens (including phenoxy) is 3. The van der Waals surface area contributed by atoms with Crippen LogP contribution in [0.1, 0.15) is 5.56 Å². The van der Waals surface area contributed by atoms with Gasteiger partial charge in [-0.05, 0) is 6.07 Å². The van der Waals surface area contributed by atoms with Crippen molar-refractivity contribution in [3.05, 3.63) is 23.8 Å². The molecule has 0 aliphatic rings. The van der Waals surface area contributed by atoms with E-state index in [1.165, 1.54) is 6.08 Å². The molecule has 0 aliphatic heterocycles. The second-order valence-electron chi connectivity index (χ2n) is 3.56. The monoisotopic (exact) mass is 254 g/mol. The molecule has 0 radical (unpaired) electrons. The summed E-state index contributed by atoms with van der Waals surface area (Å²) < 4.78 is 15.6. The highest BCUT2D eigenvalue weighted by Gasteiger charge is 2.10. The van der Waals surface area contributed by atoms with Gasteiger partial charge in [0.1, 0.15) is 5.75 Å². The van der Waals surface area contributed by atoms with Crippen LogP contribution in [0.3, 0.4) is 0 Å². The predicted molar refractivity (Wildman–Crippen MR) is 68.2 cm³/mol. The fourth-order valence-electron chi connectivity index (χ4n) is 1.46. The lowest BCUT2D eigenvalue weighted by molar-refractivity contribution is 0.131. The highest BCUT2D eigenvalue weighted by Crippen LogP contribution is 2.35. The highest BCUT2D eigenvalue weighted by molar-refractivity contribution is 5.63. The van der Waals surface area contributed by atoms with E-state index < -0.39 is 6.10 Å². The molecular weight excluding hydrogens is 236 g/mol. The lowest BCUT2D eigenvalue weighted by Gasteiger charge is -2.12. The molecule has 5 heteroatoms. The van der Waals surface area contributed by atoms with Crippen LogP contribution >= 0.6 is 0 Å². The molecule has 0 saturated heterocycles. The molecule has 1 aromatic rings.